The highest BCUT2D eigenvalue weighted by Crippen LogP contribution is 2.30. The molecule has 0 aliphatic heterocycles. The molecule has 4 aromatic rings. The van der Waals surface area contributed by atoms with Crippen molar-refractivity contribution in [1.29, 1.82) is 0 Å². The molecule has 4 aromatic heterocycles. The first kappa shape index (κ1) is 26.2. The number of hydrogen-bond donors (Lipinski definition) is 0. The van der Waals surface area contributed by atoms with Crippen LogP contribution in [0.2, 0.25) is 10.0 Å². The van der Waals surface area contributed by atoms with Crippen molar-refractivity contribution in [3.63, 3.8) is 0 Å². The highest BCUT2D eigenvalue weighted by atomic mass is 35.5. The van der Waals surface area contributed by atoms with Gasteiger partial charge >= 0.3 is 0 Å². The molecule has 180 valence electrons. The quantitative estimate of drug-likeness (QED) is 0.312. The van der Waals surface area contributed by atoms with E-state index >= 15 is 0 Å². The highest BCUT2D eigenvalue weighted by Gasteiger charge is 2.21. The maximum Gasteiger partial charge on any atom is 0.180 e. The summed E-state index contributed by atoms with van der Waals surface area (Å²) in [5.74, 6) is 2.35. The molecule has 0 spiro atoms. The number of imidazole rings is 2. The van der Waals surface area contributed by atoms with E-state index in [1.54, 1.807) is 55.1 Å². The number of thioether (sulfide) groups is 1. The average Bonchev–Trinajstić information content (AvgIpc) is 3.42. The summed E-state index contributed by atoms with van der Waals surface area (Å²) in [4.78, 5) is 18.1. The van der Waals surface area contributed by atoms with Crippen molar-refractivity contribution >= 4 is 44.8 Å². The first-order valence-electron chi connectivity index (χ1n) is 10.3. The number of aromatic nitrogens is 6. The summed E-state index contributed by atoms with van der Waals surface area (Å²) in [7, 11) is 0.342. The van der Waals surface area contributed by atoms with E-state index in [4.69, 9.17) is 23.2 Å². The molecule has 0 bridgehead atoms. The lowest BCUT2D eigenvalue weighted by atomic mass is 10.3. The van der Waals surface area contributed by atoms with Crippen molar-refractivity contribution in [3.05, 3.63) is 59.4 Å². The van der Waals surface area contributed by atoms with Gasteiger partial charge in [0.2, 0.25) is 0 Å². The molecule has 0 aliphatic carbocycles. The van der Waals surface area contributed by atoms with Crippen LogP contribution in [0.3, 0.4) is 0 Å². The molecule has 34 heavy (non-hydrogen) atoms. The topological polar surface area (TPSA) is 95.6 Å². The zero-order valence-electron chi connectivity index (χ0n) is 19.1. The first-order chi connectivity index (χ1) is 16.2. The number of pyridine rings is 2. The fourth-order valence-electron chi connectivity index (χ4n) is 3.02. The van der Waals surface area contributed by atoms with Gasteiger partial charge in [0.15, 0.2) is 21.5 Å². The van der Waals surface area contributed by atoms with E-state index < -0.39 is 9.84 Å². The van der Waals surface area contributed by atoms with E-state index in [1.807, 2.05) is 23.9 Å². The van der Waals surface area contributed by atoms with E-state index in [9.17, 15) is 8.42 Å². The van der Waals surface area contributed by atoms with Gasteiger partial charge in [-0.1, -0.05) is 37.0 Å². The molecule has 0 atom stereocenters. The fraction of sp³-hybridized carbons (Fsp3) is 0.273. The molecule has 12 heteroatoms. The summed E-state index contributed by atoms with van der Waals surface area (Å²) < 4.78 is 27.8. The van der Waals surface area contributed by atoms with Gasteiger partial charge in [-0.3, -0.25) is 9.97 Å². The van der Waals surface area contributed by atoms with Crippen molar-refractivity contribution in [2.24, 2.45) is 14.1 Å². The normalized spacial score (nSPS) is 11.2. The smallest absolute Gasteiger partial charge is 0.180 e. The lowest BCUT2D eigenvalue weighted by molar-refractivity contribution is 0.597. The molecule has 0 saturated carbocycles. The Kier molecular flexibility index (Phi) is 8.75. The maximum absolute atomic E-state index is 12.0. The summed E-state index contributed by atoms with van der Waals surface area (Å²) in [6, 6.07) is 3.35. The Hall–Kier alpha value is -2.40. The molecule has 0 aliphatic rings. The van der Waals surface area contributed by atoms with Crippen LogP contribution >= 0.6 is 35.0 Å². The molecular weight excluding hydrogens is 515 g/mol. The SMILES string of the molecule is CCS(=O)(=O)c1cc(Cl)cnc1-c1nccn1C.CCSc1cc(Cl)cnc1-c1nccn1C. The molecule has 4 heterocycles. The first-order valence-corrected chi connectivity index (χ1v) is 13.7. The van der Waals surface area contributed by atoms with Gasteiger partial charge in [-0.25, -0.2) is 18.4 Å². The zero-order chi connectivity index (χ0) is 24.9. The molecule has 0 unspecified atom stereocenters. The van der Waals surface area contributed by atoms with Crippen LogP contribution in [0.4, 0.5) is 0 Å². The van der Waals surface area contributed by atoms with Gasteiger partial charge in [0.05, 0.1) is 20.7 Å². The van der Waals surface area contributed by atoms with Crippen LogP contribution in [0.15, 0.2) is 59.1 Å². The lowest BCUT2D eigenvalue weighted by Crippen LogP contribution is -2.08. The van der Waals surface area contributed by atoms with Gasteiger partial charge in [-0.15, -0.1) is 11.8 Å². The van der Waals surface area contributed by atoms with Crippen LogP contribution in [0, 0.1) is 0 Å². The molecule has 0 N–H and O–H groups in total. The summed E-state index contributed by atoms with van der Waals surface area (Å²) in [5, 5.41) is 0.953. The third kappa shape index (κ3) is 5.99. The average molecular weight is 540 g/mol. The summed E-state index contributed by atoms with van der Waals surface area (Å²) >= 11 is 13.5. The fourth-order valence-corrected chi connectivity index (χ4v) is 5.33. The van der Waals surface area contributed by atoms with Crippen LogP contribution in [0.5, 0.6) is 0 Å². The molecule has 0 amide bonds. The highest BCUT2D eigenvalue weighted by molar-refractivity contribution is 7.99. The van der Waals surface area contributed by atoms with E-state index in [2.05, 4.69) is 26.9 Å². The minimum Gasteiger partial charge on any atom is -0.333 e. The summed E-state index contributed by atoms with van der Waals surface area (Å²) in [6.45, 7) is 3.69. The van der Waals surface area contributed by atoms with Gasteiger partial charge in [0.1, 0.15) is 11.4 Å². The van der Waals surface area contributed by atoms with E-state index in [0.717, 1.165) is 22.2 Å². The standard InChI is InChI=1S/C11H12ClN3O2S.C11H12ClN3S/c1-3-18(16,17)9-6-8(12)7-14-10(9)11-13-4-5-15(11)2;1-3-16-9-6-8(12)7-14-10(9)11-13-4-5-15(11)2/h4-7H,3H2,1-2H3;4-7H,3H2,1-2H3. The van der Waals surface area contributed by atoms with Gasteiger partial charge < -0.3 is 9.13 Å². The summed E-state index contributed by atoms with van der Waals surface area (Å²) in [6.07, 6.45) is 10.1. The van der Waals surface area contributed by atoms with Gasteiger partial charge in [0, 0.05) is 56.2 Å². The Bertz CT molecular complexity index is 1390. The number of sulfone groups is 1. The Morgan fingerprint density at radius 1 is 0.853 bits per heavy atom. The Morgan fingerprint density at radius 3 is 1.88 bits per heavy atom. The Labute approximate surface area is 213 Å². The number of aryl methyl sites for hydroxylation is 2. The van der Waals surface area contributed by atoms with Crippen molar-refractivity contribution in [2.45, 2.75) is 23.6 Å². The molecule has 4 rings (SSSR count). The molecule has 0 fully saturated rings. The van der Waals surface area contributed by atoms with Crippen molar-refractivity contribution in [3.8, 4) is 23.0 Å². The molecule has 0 aromatic carbocycles. The minimum atomic E-state index is -3.39. The van der Waals surface area contributed by atoms with Crippen molar-refractivity contribution in [1.82, 2.24) is 29.1 Å². The molecule has 8 nitrogen and oxygen atoms in total. The maximum atomic E-state index is 12.0. The monoisotopic (exact) mass is 538 g/mol. The second kappa shape index (κ2) is 11.4. The number of halogens is 2. The molecule has 0 radical (unpaired) electrons. The van der Waals surface area contributed by atoms with Crippen LogP contribution in [-0.2, 0) is 23.9 Å². The van der Waals surface area contributed by atoms with E-state index in [-0.39, 0.29) is 10.6 Å². The number of hydrogen-bond acceptors (Lipinski definition) is 7. The van der Waals surface area contributed by atoms with Gasteiger partial charge in [0.25, 0.3) is 0 Å². The van der Waals surface area contributed by atoms with Gasteiger partial charge in [-0.05, 0) is 17.9 Å². The third-order valence-electron chi connectivity index (χ3n) is 4.72. The molecule has 0 saturated heterocycles. The predicted molar refractivity (Wildman–Crippen MR) is 137 cm³/mol. The summed E-state index contributed by atoms with van der Waals surface area (Å²) in [5.41, 5.74) is 1.22. The van der Waals surface area contributed by atoms with Crippen molar-refractivity contribution in [2.75, 3.05) is 11.5 Å². The van der Waals surface area contributed by atoms with Crippen LogP contribution < -0.4 is 0 Å². The second-order valence-corrected chi connectivity index (χ2v) is 11.5. The third-order valence-corrected chi connectivity index (χ3v) is 7.79. The Balaban J connectivity index is 0.000000192. The van der Waals surface area contributed by atoms with Gasteiger partial charge in [-0.2, -0.15) is 0 Å². The van der Waals surface area contributed by atoms with Crippen LogP contribution in [0.25, 0.3) is 23.0 Å². The number of rotatable bonds is 6. The number of nitrogens with zero attached hydrogens (tertiary/aromatic N) is 6. The van der Waals surface area contributed by atoms with Crippen molar-refractivity contribution < 1.29 is 8.42 Å². The lowest BCUT2D eigenvalue weighted by Gasteiger charge is -2.08. The molecular formula is C22H24Cl2N6O2S2. The zero-order valence-corrected chi connectivity index (χ0v) is 22.3. The minimum absolute atomic E-state index is 0.00749. The largest absolute Gasteiger partial charge is 0.333 e. The van der Waals surface area contributed by atoms with Crippen LogP contribution in [-0.4, -0.2) is 49.0 Å². The Morgan fingerprint density at radius 2 is 1.38 bits per heavy atom. The predicted octanol–water partition coefficient (Wildman–Crippen LogP) is 5.18. The second-order valence-electron chi connectivity index (χ2n) is 7.06. The van der Waals surface area contributed by atoms with E-state index in [0.29, 0.717) is 21.6 Å². The van der Waals surface area contributed by atoms with E-state index in [1.165, 1.54) is 12.3 Å². The van der Waals surface area contributed by atoms with Crippen LogP contribution in [0.1, 0.15) is 13.8 Å².